The first-order valence-electron chi connectivity index (χ1n) is 6.73. The normalized spacial score (nSPS) is 10.5. The van der Waals surface area contributed by atoms with Crippen LogP contribution in [0.25, 0.3) is 10.9 Å². The molecular weight excluding hydrogens is 282 g/mol. The third-order valence-corrected chi connectivity index (χ3v) is 3.12. The maximum atomic E-state index is 12.2. The van der Waals surface area contributed by atoms with Gasteiger partial charge in [0.05, 0.1) is 17.6 Å². The molecule has 1 N–H and O–H groups in total. The average Bonchev–Trinajstić information content (AvgIpc) is 2.57. The van der Waals surface area contributed by atoms with Crippen molar-refractivity contribution in [2.24, 2.45) is 0 Å². The molecule has 3 rings (SSSR count). The van der Waals surface area contributed by atoms with E-state index in [0.29, 0.717) is 17.4 Å². The molecule has 0 aliphatic rings. The van der Waals surface area contributed by atoms with Gasteiger partial charge in [-0.05, 0) is 24.3 Å². The average molecular weight is 295 g/mol. The molecule has 0 saturated carbocycles. The summed E-state index contributed by atoms with van der Waals surface area (Å²) in [6, 6.07) is 12.3. The molecule has 1 amide bonds. The van der Waals surface area contributed by atoms with Crippen molar-refractivity contribution in [3.05, 3.63) is 64.7 Å². The van der Waals surface area contributed by atoms with Crippen molar-refractivity contribution in [3.63, 3.8) is 0 Å². The van der Waals surface area contributed by atoms with Gasteiger partial charge >= 0.3 is 0 Å². The number of aromatic nitrogens is 4. The molecule has 7 heteroatoms. The van der Waals surface area contributed by atoms with Gasteiger partial charge in [-0.2, -0.15) is 0 Å². The Morgan fingerprint density at radius 2 is 1.95 bits per heavy atom. The van der Waals surface area contributed by atoms with Crippen LogP contribution in [-0.2, 0) is 17.9 Å². The first-order valence-corrected chi connectivity index (χ1v) is 6.73. The molecule has 3 aromatic rings. The lowest BCUT2D eigenvalue weighted by atomic mass is 10.2. The van der Waals surface area contributed by atoms with Crippen LogP contribution in [0.1, 0.15) is 5.69 Å². The molecule has 2 heterocycles. The Morgan fingerprint density at radius 1 is 1.14 bits per heavy atom. The summed E-state index contributed by atoms with van der Waals surface area (Å²) in [5.41, 5.74) is 0.920. The van der Waals surface area contributed by atoms with E-state index in [0.717, 1.165) is 10.4 Å². The summed E-state index contributed by atoms with van der Waals surface area (Å²) >= 11 is 0. The highest BCUT2D eigenvalue weighted by atomic mass is 16.2. The van der Waals surface area contributed by atoms with E-state index in [1.165, 1.54) is 0 Å². The molecule has 0 unspecified atom stereocenters. The molecule has 0 aliphatic heterocycles. The molecule has 110 valence electrons. The smallest absolute Gasteiger partial charge is 0.278 e. The summed E-state index contributed by atoms with van der Waals surface area (Å²) in [7, 11) is 0. The number of nitrogens with zero attached hydrogens (tertiary/aromatic N) is 4. The lowest BCUT2D eigenvalue weighted by molar-refractivity contribution is -0.122. The molecule has 0 radical (unpaired) electrons. The lowest BCUT2D eigenvalue weighted by Gasteiger charge is -2.06. The molecule has 0 aliphatic carbocycles. The lowest BCUT2D eigenvalue weighted by Crippen LogP contribution is -2.34. The molecular formula is C15H13N5O2. The van der Waals surface area contributed by atoms with Gasteiger partial charge in [-0.25, -0.2) is 4.68 Å². The highest BCUT2D eigenvalue weighted by Crippen LogP contribution is 2.03. The van der Waals surface area contributed by atoms with E-state index >= 15 is 0 Å². The maximum Gasteiger partial charge on any atom is 0.278 e. The van der Waals surface area contributed by atoms with Crippen LogP contribution < -0.4 is 10.9 Å². The van der Waals surface area contributed by atoms with Gasteiger partial charge < -0.3 is 5.32 Å². The fraction of sp³-hybridized carbons (Fsp3) is 0.133. The van der Waals surface area contributed by atoms with E-state index in [4.69, 9.17) is 0 Å². The van der Waals surface area contributed by atoms with Gasteiger partial charge in [0.1, 0.15) is 12.1 Å². The summed E-state index contributed by atoms with van der Waals surface area (Å²) in [4.78, 5) is 28.2. The number of hydrogen-bond donors (Lipinski definition) is 1. The summed E-state index contributed by atoms with van der Waals surface area (Å²) < 4.78 is 1.05. The largest absolute Gasteiger partial charge is 0.349 e. The van der Waals surface area contributed by atoms with Crippen molar-refractivity contribution < 1.29 is 4.79 Å². The summed E-state index contributed by atoms with van der Waals surface area (Å²) in [5, 5.41) is 10.8. The van der Waals surface area contributed by atoms with E-state index in [1.54, 1.807) is 36.5 Å². The van der Waals surface area contributed by atoms with Gasteiger partial charge in [0.25, 0.3) is 5.56 Å². The second kappa shape index (κ2) is 6.13. The topological polar surface area (TPSA) is 89.8 Å². The van der Waals surface area contributed by atoms with Crippen LogP contribution in [0.2, 0.25) is 0 Å². The van der Waals surface area contributed by atoms with E-state index in [2.05, 4.69) is 20.6 Å². The van der Waals surface area contributed by atoms with Crippen LogP contribution in [0.5, 0.6) is 0 Å². The number of benzene rings is 1. The van der Waals surface area contributed by atoms with Crippen LogP contribution in [0.15, 0.2) is 53.5 Å². The number of carbonyl (C=O) groups is 1. The maximum absolute atomic E-state index is 12.2. The standard InChI is InChI=1S/C15H13N5O2/c21-14(17-9-11-5-3-4-8-16-11)10-20-15(22)12-6-1-2-7-13(12)18-19-20/h1-8H,9-10H2,(H,17,21). The number of carbonyl (C=O) groups excluding carboxylic acids is 1. The predicted molar refractivity (Wildman–Crippen MR) is 79.9 cm³/mol. The highest BCUT2D eigenvalue weighted by molar-refractivity contribution is 5.78. The zero-order chi connectivity index (χ0) is 15.4. The molecule has 1 aromatic carbocycles. The van der Waals surface area contributed by atoms with E-state index < -0.39 is 0 Å². The minimum atomic E-state index is -0.335. The molecule has 0 bridgehead atoms. The van der Waals surface area contributed by atoms with Crippen LogP contribution in [-0.4, -0.2) is 25.9 Å². The second-order valence-electron chi connectivity index (χ2n) is 4.67. The Bertz CT molecular complexity index is 860. The van der Waals surface area contributed by atoms with Crippen LogP contribution in [0.3, 0.4) is 0 Å². The third kappa shape index (κ3) is 2.98. The Hall–Kier alpha value is -3.09. The minimum absolute atomic E-state index is 0.177. The second-order valence-corrected chi connectivity index (χ2v) is 4.67. The van der Waals surface area contributed by atoms with E-state index in [-0.39, 0.29) is 18.0 Å². The van der Waals surface area contributed by atoms with Crippen molar-refractivity contribution in [1.82, 2.24) is 25.3 Å². The van der Waals surface area contributed by atoms with Gasteiger partial charge in [-0.3, -0.25) is 14.6 Å². The number of hydrogen-bond acceptors (Lipinski definition) is 5. The molecule has 0 spiro atoms. The van der Waals surface area contributed by atoms with Crippen molar-refractivity contribution in [1.29, 1.82) is 0 Å². The zero-order valence-corrected chi connectivity index (χ0v) is 11.6. The van der Waals surface area contributed by atoms with Crippen molar-refractivity contribution in [2.75, 3.05) is 0 Å². The minimum Gasteiger partial charge on any atom is -0.349 e. The molecule has 0 fully saturated rings. The molecule has 7 nitrogen and oxygen atoms in total. The summed E-state index contributed by atoms with van der Waals surface area (Å²) in [6.07, 6.45) is 1.65. The van der Waals surface area contributed by atoms with E-state index in [9.17, 15) is 9.59 Å². The zero-order valence-electron chi connectivity index (χ0n) is 11.6. The number of pyridine rings is 1. The first-order chi connectivity index (χ1) is 10.7. The third-order valence-electron chi connectivity index (χ3n) is 3.12. The van der Waals surface area contributed by atoms with Gasteiger partial charge in [-0.1, -0.05) is 23.4 Å². The Morgan fingerprint density at radius 3 is 2.77 bits per heavy atom. The van der Waals surface area contributed by atoms with Crippen LogP contribution >= 0.6 is 0 Å². The van der Waals surface area contributed by atoms with Crippen molar-refractivity contribution in [2.45, 2.75) is 13.1 Å². The predicted octanol–water partition coefficient (Wildman–Crippen LogP) is 0.503. The molecule has 2 aromatic heterocycles. The Labute approximate surface area is 125 Å². The first kappa shape index (κ1) is 13.9. The fourth-order valence-electron chi connectivity index (χ4n) is 2.01. The van der Waals surface area contributed by atoms with Gasteiger partial charge in [-0.15, -0.1) is 5.10 Å². The number of rotatable bonds is 4. The number of fused-ring (bicyclic) bond motifs is 1. The van der Waals surface area contributed by atoms with Crippen molar-refractivity contribution >= 4 is 16.8 Å². The number of amides is 1. The van der Waals surface area contributed by atoms with Gasteiger partial charge in [0.2, 0.25) is 5.91 Å². The van der Waals surface area contributed by atoms with Gasteiger partial charge in [0.15, 0.2) is 0 Å². The Balaban J connectivity index is 1.72. The van der Waals surface area contributed by atoms with Gasteiger partial charge in [0, 0.05) is 6.20 Å². The van der Waals surface area contributed by atoms with Crippen LogP contribution in [0.4, 0.5) is 0 Å². The summed E-state index contributed by atoms with van der Waals surface area (Å²) in [5.74, 6) is -0.322. The van der Waals surface area contributed by atoms with Crippen LogP contribution in [0, 0.1) is 0 Å². The number of nitrogens with one attached hydrogen (secondary N) is 1. The Kier molecular flexibility index (Phi) is 3.86. The summed E-state index contributed by atoms with van der Waals surface area (Å²) in [6.45, 7) is 0.124. The molecule has 0 saturated heterocycles. The molecule has 22 heavy (non-hydrogen) atoms. The highest BCUT2D eigenvalue weighted by Gasteiger charge is 2.09. The SMILES string of the molecule is O=C(Cn1nnc2ccccc2c1=O)NCc1ccccn1. The monoisotopic (exact) mass is 295 g/mol. The quantitative estimate of drug-likeness (QED) is 0.757. The molecule has 0 atom stereocenters. The van der Waals surface area contributed by atoms with E-state index in [1.807, 2.05) is 12.1 Å². The van der Waals surface area contributed by atoms with Crippen molar-refractivity contribution in [3.8, 4) is 0 Å². The fourth-order valence-corrected chi connectivity index (χ4v) is 2.01.